The molecule has 2 aromatic rings. The molecule has 0 bridgehead atoms. The van der Waals surface area contributed by atoms with E-state index in [0.717, 1.165) is 29.8 Å². The van der Waals surface area contributed by atoms with E-state index < -0.39 is 14.3 Å². The number of β-lactam (4-membered cyclic amide) rings is 1. The predicted molar refractivity (Wildman–Crippen MR) is 146 cm³/mol. The topological polar surface area (TPSA) is 85.3 Å². The molecule has 0 spiro atoms. The van der Waals surface area contributed by atoms with Crippen molar-refractivity contribution in [1.29, 1.82) is 0 Å². The number of hydrogen-bond acceptors (Lipinski definition) is 6. The zero-order chi connectivity index (χ0) is 26.7. The van der Waals surface area contributed by atoms with Crippen LogP contribution in [0.5, 0.6) is 5.75 Å². The number of amides is 1. The van der Waals surface area contributed by atoms with Crippen molar-refractivity contribution < 1.29 is 28.9 Å². The number of aliphatic hydroxyl groups is 1. The first-order valence-corrected chi connectivity index (χ1v) is 16.2. The van der Waals surface area contributed by atoms with Crippen LogP contribution < -0.4 is 14.8 Å². The molecule has 200 valence electrons. The summed E-state index contributed by atoms with van der Waals surface area (Å²) in [6, 6.07) is 16.3. The van der Waals surface area contributed by atoms with Gasteiger partial charge in [-0.1, -0.05) is 49.5 Å². The minimum atomic E-state index is -1.92. The van der Waals surface area contributed by atoms with Gasteiger partial charge in [-0.05, 0) is 60.6 Å². The van der Waals surface area contributed by atoms with Gasteiger partial charge in [0.05, 0.1) is 33.8 Å². The first kappa shape index (κ1) is 27.4. The number of carbonyl (C=O) groups is 2. The number of ether oxygens (including phenoxy) is 3. The standard InChI is InChI=1S/C29H39NO6Si/c1-19-25(14-9-21-7-6-8-22(17-21)30-27(33)18-28(30)35-20(2)32)36-26(15-16-31)29(19)37(4,5)24-12-10-23(34-3)11-13-24/h6-8,10-13,17,19,25-26,28-29,31H,9,14-16,18H2,1-5H3/t19-,25+,26-,28?,29+/m1/s1. The molecule has 0 aliphatic carbocycles. The number of rotatable bonds is 10. The summed E-state index contributed by atoms with van der Waals surface area (Å²) < 4.78 is 17.2. The van der Waals surface area contributed by atoms with Gasteiger partial charge in [-0.15, -0.1) is 0 Å². The molecule has 2 aromatic carbocycles. The van der Waals surface area contributed by atoms with Crippen LogP contribution in [-0.2, 0) is 25.5 Å². The van der Waals surface area contributed by atoms with Gasteiger partial charge < -0.3 is 19.3 Å². The van der Waals surface area contributed by atoms with Gasteiger partial charge in [0, 0.05) is 19.2 Å². The molecule has 0 aromatic heterocycles. The van der Waals surface area contributed by atoms with Gasteiger partial charge in [-0.3, -0.25) is 14.5 Å². The fourth-order valence-electron chi connectivity index (χ4n) is 6.20. The van der Waals surface area contributed by atoms with Crippen LogP contribution in [0.2, 0.25) is 18.6 Å². The van der Waals surface area contributed by atoms with Gasteiger partial charge in [-0.25, -0.2) is 0 Å². The van der Waals surface area contributed by atoms with Crippen LogP contribution in [-0.4, -0.2) is 57.2 Å². The maximum absolute atomic E-state index is 12.2. The molecule has 1 unspecified atom stereocenters. The van der Waals surface area contributed by atoms with Crippen LogP contribution in [0.25, 0.3) is 0 Å². The fourth-order valence-corrected chi connectivity index (χ4v) is 10.3. The Morgan fingerprint density at radius 1 is 1.14 bits per heavy atom. The number of methoxy groups -OCH3 is 1. The average molecular weight is 526 g/mol. The van der Waals surface area contributed by atoms with Crippen LogP contribution in [0.1, 0.15) is 38.7 Å². The van der Waals surface area contributed by atoms with Crippen molar-refractivity contribution in [1.82, 2.24) is 0 Å². The summed E-state index contributed by atoms with van der Waals surface area (Å²) in [5.74, 6) is 0.778. The highest BCUT2D eigenvalue weighted by molar-refractivity contribution is 6.91. The lowest BCUT2D eigenvalue weighted by atomic mass is 9.95. The molecule has 8 heteroatoms. The molecular weight excluding hydrogens is 486 g/mol. The number of benzene rings is 2. The van der Waals surface area contributed by atoms with Crippen LogP contribution >= 0.6 is 0 Å². The molecule has 2 aliphatic heterocycles. The van der Waals surface area contributed by atoms with E-state index in [0.29, 0.717) is 17.9 Å². The third-order valence-electron chi connectivity index (χ3n) is 8.10. The molecule has 37 heavy (non-hydrogen) atoms. The fraction of sp³-hybridized carbons (Fsp3) is 0.517. The number of anilines is 1. The van der Waals surface area contributed by atoms with Crippen LogP contribution in [0.4, 0.5) is 5.69 Å². The summed E-state index contributed by atoms with van der Waals surface area (Å²) in [4.78, 5) is 25.1. The van der Waals surface area contributed by atoms with E-state index in [4.69, 9.17) is 14.2 Å². The SMILES string of the molecule is COc1ccc([Si](C)(C)[C@H]2[C@H](C)[C@H](CCc3cccc(N4C(=O)CC4OC(C)=O)c3)O[C@@H]2CCO)cc1. The highest BCUT2D eigenvalue weighted by atomic mass is 28.3. The molecule has 1 amide bonds. The van der Waals surface area contributed by atoms with Crippen LogP contribution in [0.3, 0.4) is 0 Å². The zero-order valence-electron chi connectivity index (χ0n) is 22.5. The molecule has 2 aliphatic rings. The number of aryl methyl sites for hydroxylation is 1. The lowest BCUT2D eigenvalue weighted by Crippen LogP contribution is -2.54. The lowest BCUT2D eigenvalue weighted by molar-refractivity contribution is -0.153. The number of aliphatic hydroxyl groups excluding tert-OH is 1. The molecule has 0 radical (unpaired) electrons. The van der Waals surface area contributed by atoms with Crippen molar-refractivity contribution in [2.75, 3.05) is 18.6 Å². The highest BCUT2D eigenvalue weighted by Crippen LogP contribution is 2.46. The molecule has 0 saturated carbocycles. The van der Waals surface area contributed by atoms with Gasteiger partial charge in [0.1, 0.15) is 5.75 Å². The van der Waals surface area contributed by atoms with Gasteiger partial charge in [-0.2, -0.15) is 0 Å². The predicted octanol–water partition coefficient (Wildman–Crippen LogP) is 4.03. The largest absolute Gasteiger partial charge is 0.497 e. The van der Waals surface area contributed by atoms with E-state index in [9.17, 15) is 14.7 Å². The first-order valence-electron chi connectivity index (χ1n) is 13.1. The number of carbonyl (C=O) groups excluding carboxylic acids is 2. The monoisotopic (exact) mass is 525 g/mol. The third kappa shape index (κ3) is 5.76. The molecule has 4 rings (SSSR count). The molecular formula is C29H39NO6Si. The molecule has 7 nitrogen and oxygen atoms in total. The van der Waals surface area contributed by atoms with Gasteiger partial charge in [0.2, 0.25) is 5.91 Å². The quantitative estimate of drug-likeness (QED) is 0.287. The third-order valence-corrected chi connectivity index (χ3v) is 12.5. The van der Waals surface area contributed by atoms with Crippen molar-refractivity contribution in [2.24, 2.45) is 5.92 Å². The van der Waals surface area contributed by atoms with E-state index in [1.54, 1.807) is 12.0 Å². The smallest absolute Gasteiger partial charge is 0.304 e. The Morgan fingerprint density at radius 3 is 2.49 bits per heavy atom. The number of nitrogens with zero attached hydrogens (tertiary/aromatic N) is 1. The normalized spacial score (nSPS) is 25.6. The van der Waals surface area contributed by atoms with Crippen molar-refractivity contribution in [2.45, 2.75) is 76.6 Å². The molecule has 2 heterocycles. The molecule has 2 saturated heterocycles. The maximum atomic E-state index is 12.2. The minimum Gasteiger partial charge on any atom is -0.497 e. The summed E-state index contributed by atoms with van der Waals surface area (Å²) in [7, 11) is -0.241. The Labute approximate surface area is 220 Å². The van der Waals surface area contributed by atoms with Gasteiger partial charge in [0.25, 0.3) is 0 Å². The highest BCUT2D eigenvalue weighted by Gasteiger charge is 2.50. The number of esters is 1. The number of hydrogen-bond donors (Lipinski definition) is 1. The minimum absolute atomic E-state index is 0.0308. The van der Waals surface area contributed by atoms with Gasteiger partial charge in [0.15, 0.2) is 6.23 Å². The summed E-state index contributed by atoms with van der Waals surface area (Å²) in [5.41, 5.74) is 2.25. The second-order valence-corrected chi connectivity index (χ2v) is 15.5. The second kappa shape index (κ2) is 11.4. The lowest BCUT2D eigenvalue weighted by Gasteiger charge is -2.39. The Hall–Kier alpha value is -2.68. The van der Waals surface area contributed by atoms with Crippen LogP contribution in [0.15, 0.2) is 48.5 Å². The van der Waals surface area contributed by atoms with E-state index in [2.05, 4.69) is 38.2 Å². The van der Waals surface area contributed by atoms with Crippen molar-refractivity contribution in [3.05, 3.63) is 54.1 Å². The summed E-state index contributed by atoms with van der Waals surface area (Å²) in [6.07, 6.45) is 2.13. The first-order chi connectivity index (χ1) is 17.6. The van der Waals surface area contributed by atoms with E-state index in [1.807, 2.05) is 30.3 Å². The Bertz CT molecular complexity index is 1100. The molecule has 5 atom stereocenters. The Morgan fingerprint density at radius 2 is 1.86 bits per heavy atom. The van der Waals surface area contributed by atoms with Crippen LogP contribution in [0, 0.1) is 5.92 Å². The Kier molecular flexibility index (Phi) is 8.41. The van der Waals surface area contributed by atoms with Crippen molar-refractivity contribution in [3.8, 4) is 5.75 Å². The Balaban J connectivity index is 1.46. The second-order valence-electron chi connectivity index (χ2n) is 10.8. The van der Waals surface area contributed by atoms with Crippen molar-refractivity contribution >= 4 is 30.8 Å². The summed E-state index contributed by atoms with van der Waals surface area (Å²) in [5, 5.41) is 11.2. The molecule has 1 N–H and O–H groups in total. The van der Waals surface area contributed by atoms with Crippen molar-refractivity contribution in [3.63, 3.8) is 0 Å². The van der Waals surface area contributed by atoms with E-state index in [1.165, 1.54) is 12.1 Å². The summed E-state index contributed by atoms with van der Waals surface area (Å²) >= 11 is 0. The van der Waals surface area contributed by atoms with E-state index >= 15 is 0 Å². The average Bonchev–Trinajstić information content (AvgIpc) is 3.18. The summed E-state index contributed by atoms with van der Waals surface area (Å²) in [6.45, 7) is 8.57. The van der Waals surface area contributed by atoms with E-state index in [-0.39, 0.29) is 37.1 Å². The zero-order valence-corrected chi connectivity index (χ0v) is 23.5. The maximum Gasteiger partial charge on any atom is 0.304 e. The van der Waals surface area contributed by atoms with Gasteiger partial charge >= 0.3 is 5.97 Å². The molecule has 2 fully saturated rings.